The van der Waals surface area contributed by atoms with Gasteiger partial charge in [-0.05, 0) is 24.6 Å². The van der Waals surface area contributed by atoms with Crippen molar-refractivity contribution in [2.24, 2.45) is 5.73 Å². The minimum Gasteiger partial charge on any atom is -0.345 e. The van der Waals surface area contributed by atoms with Crippen molar-refractivity contribution >= 4 is 29.9 Å². The van der Waals surface area contributed by atoms with Crippen LogP contribution in [0.1, 0.15) is 22.3 Å². The van der Waals surface area contributed by atoms with Crippen LogP contribution < -0.4 is 11.1 Å². The lowest BCUT2D eigenvalue weighted by atomic mass is 10.1. The maximum atomic E-state index is 11.9. The van der Waals surface area contributed by atoms with Crippen LogP contribution in [0.3, 0.4) is 0 Å². The van der Waals surface area contributed by atoms with Crippen LogP contribution in [-0.4, -0.2) is 37.4 Å². The molecule has 0 fully saturated rings. The third kappa shape index (κ3) is 4.89. The molecule has 1 rings (SSSR count). The van der Waals surface area contributed by atoms with Crippen molar-refractivity contribution in [3.05, 3.63) is 29.3 Å². The first kappa shape index (κ1) is 17.4. The molecule has 19 heavy (non-hydrogen) atoms. The highest BCUT2D eigenvalue weighted by Crippen LogP contribution is 2.16. The molecule has 1 aromatic rings. The van der Waals surface area contributed by atoms with Crippen LogP contribution in [0.25, 0.3) is 0 Å². The number of aryl methyl sites for hydroxylation is 1. The van der Waals surface area contributed by atoms with Crippen LogP contribution in [-0.2, 0) is 4.79 Å². The number of carbonyl (C=O) groups excluding carboxylic acids is 2. The summed E-state index contributed by atoms with van der Waals surface area (Å²) in [4.78, 5) is 24.9. The van der Waals surface area contributed by atoms with Crippen LogP contribution in [0.2, 0.25) is 0 Å². The van der Waals surface area contributed by atoms with Gasteiger partial charge in [0.15, 0.2) is 0 Å². The minimum absolute atomic E-state index is 0. The molecule has 0 spiro atoms. The average molecular weight is 286 g/mol. The highest BCUT2D eigenvalue weighted by molar-refractivity contribution is 5.98. The first-order valence-corrected chi connectivity index (χ1v) is 5.78. The van der Waals surface area contributed by atoms with Crippen LogP contribution in [0.15, 0.2) is 18.2 Å². The maximum Gasteiger partial charge on any atom is 0.253 e. The predicted molar refractivity (Wildman–Crippen MR) is 78.7 cm³/mol. The Balaban J connectivity index is 0.00000324. The third-order valence-corrected chi connectivity index (χ3v) is 2.53. The Labute approximate surface area is 119 Å². The van der Waals surface area contributed by atoms with Gasteiger partial charge in [-0.1, -0.05) is 6.07 Å². The monoisotopic (exact) mass is 285 g/mol. The summed E-state index contributed by atoms with van der Waals surface area (Å²) in [7, 11) is 3.39. The van der Waals surface area contributed by atoms with Crippen molar-refractivity contribution in [3.63, 3.8) is 0 Å². The van der Waals surface area contributed by atoms with Gasteiger partial charge in [0.05, 0.1) is 0 Å². The Hall–Kier alpha value is -1.59. The number of carbonyl (C=O) groups is 2. The lowest BCUT2D eigenvalue weighted by molar-refractivity contribution is -0.116. The second-order valence-electron chi connectivity index (χ2n) is 4.32. The standard InChI is InChI=1S/C13H19N3O2.ClH/c1-9-4-5-10(15-12(17)6-7-14)8-11(9)13(18)16(2)3;/h4-5,8H,6-7,14H2,1-3H3,(H,15,17);1H. The molecule has 0 bridgehead atoms. The molecular formula is C13H20ClN3O2. The number of hydrogen-bond acceptors (Lipinski definition) is 3. The number of halogens is 1. The molecular weight excluding hydrogens is 266 g/mol. The second-order valence-corrected chi connectivity index (χ2v) is 4.32. The Morgan fingerprint density at radius 1 is 1.32 bits per heavy atom. The summed E-state index contributed by atoms with van der Waals surface area (Å²) < 4.78 is 0. The van der Waals surface area contributed by atoms with Crippen molar-refractivity contribution in [3.8, 4) is 0 Å². The van der Waals surface area contributed by atoms with E-state index in [0.29, 0.717) is 17.8 Å². The van der Waals surface area contributed by atoms with E-state index in [-0.39, 0.29) is 30.6 Å². The number of amides is 2. The van der Waals surface area contributed by atoms with Crippen molar-refractivity contribution in [2.45, 2.75) is 13.3 Å². The van der Waals surface area contributed by atoms with Gasteiger partial charge >= 0.3 is 0 Å². The van der Waals surface area contributed by atoms with E-state index in [2.05, 4.69) is 5.32 Å². The molecule has 0 saturated heterocycles. The van der Waals surface area contributed by atoms with Crippen molar-refractivity contribution in [1.82, 2.24) is 4.90 Å². The maximum absolute atomic E-state index is 11.9. The molecule has 0 aliphatic rings. The fraction of sp³-hybridized carbons (Fsp3) is 0.385. The molecule has 0 heterocycles. The highest BCUT2D eigenvalue weighted by Gasteiger charge is 2.12. The summed E-state index contributed by atoms with van der Waals surface area (Å²) in [6.07, 6.45) is 0.269. The fourth-order valence-electron chi connectivity index (χ4n) is 1.53. The number of rotatable bonds is 4. The number of benzene rings is 1. The second kappa shape index (κ2) is 7.76. The zero-order valence-corrected chi connectivity index (χ0v) is 12.2. The first-order chi connectivity index (χ1) is 8.45. The van der Waals surface area contributed by atoms with E-state index < -0.39 is 0 Å². The van der Waals surface area contributed by atoms with Gasteiger partial charge in [-0.2, -0.15) is 0 Å². The van der Waals surface area contributed by atoms with E-state index in [1.165, 1.54) is 4.90 Å². The topological polar surface area (TPSA) is 75.4 Å². The summed E-state index contributed by atoms with van der Waals surface area (Å²) >= 11 is 0. The van der Waals surface area contributed by atoms with E-state index in [1.807, 2.05) is 13.0 Å². The Morgan fingerprint density at radius 3 is 2.47 bits per heavy atom. The summed E-state index contributed by atoms with van der Waals surface area (Å²) in [5.41, 5.74) is 7.39. The van der Waals surface area contributed by atoms with Gasteiger partial charge in [-0.25, -0.2) is 0 Å². The molecule has 1 aromatic carbocycles. The van der Waals surface area contributed by atoms with Crippen molar-refractivity contribution in [1.29, 1.82) is 0 Å². The SMILES string of the molecule is Cc1ccc(NC(=O)CCN)cc1C(=O)N(C)C.Cl. The number of hydrogen-bond donors (Lipinski definition) is 2. The summed E-state index contributed by atoms with van der Waals surface area (Å²) in [5, 5.41) is 2.71. The molecule has 0 aliphatic carbocycles. The quantitative estimate of drug-likeness (QED) is 0.878. The van der Waals surface area contributed by atoms with Crippen LogP contribution in [0.4, 0.5) is 5.69 Å². The normalized spacial score (nSPS) is 9.47. The van der Waals surface area contributed by atoms with Gasteiger partial charge in [0.2, 0.25) is 5.91 Å². The molecule has 0 aliphatic heterocycles. The Morgan fingerprint density at radius 2 is 1.95 bits per heavy atom. The van der Waals surface area contributed by atoms with Crippen LogP contribution in [0.5, 0.6) is 0 Å². The van der Waals surface area contributed by atoms with Gasteiger partial charge in [0, 0.05) is 38.3 Å². The van der Waals surface area contributed by atoms with Crippen LogP contribution >= 0.6 is 12.4 Å². The van der Waals surface area contributed by atoms with E-state index in [0.717, 1.165) is 5.56 Å². The van der Waals surface area contributed by atoms with Gasteiger partial charge < -0.3 is 16.0 Å². The lowest BCUT2D eigenvalue weighted by Gasteiger charge is -2.14. The number of anilines is 1. The zero-order valence-electron chi connectivity index (χ0n) is 11.4. The highest BCUT2D eigenvalue weighted by atomic mass is 35.5. The molecule has 0 saturated carbocycles. The fourth-order valence-corrected chi connectivity index (χ4v) is 1.53. The van der Waals surface area contributed by atoms with Crippen molar-refractivity contribution in [2.75, 3.05) is 26.0 Å². The molecule has 6 heteroatoms. The molecule has 0 unspecified atom stereocenters. The summed E-state index contributed by atoms with van der Waals surface area (Å²) in [6.45, 7) is 2.17. The largest absolute Gasteiger partial charge is 0.345 e. The van der Waals surface area contributed by atoms with E-state index >= 15 is 0 Å². The number of nitrogens with two attached hydrogens (primary N) is 1. The molecule has 106 valence electrons. The summed E-state index contributed by atoms with van der Waals surface area (Å²) in [5.74, 6) is -0.230. The predicted octanol–water partition coefficient (Wildman–Crippen LogP) is 1.41. The molecule has 0 radical (unpaired) electrons. The molecule has 0 aromatic heterocycles. The first-order valence-electron chi connectivity index (χ1n) is 5.78. The number of nitrogens with one attached hydrogen (secondary N) is 1. The van der Waals surface area contributed by atoms with Crippen molar-refractivity contribution < 1.29 is 9.59 Å². The Kier molecular flexibility index (Phi) is 7.11. The van der Waals surface area contributed by atoms with Gasteiger partial charge in [0.1, 0.15) is 0 Å². The molecule has 5 nitrogen and oxygen atoms in total. The van der Waals surface area contributed by atoms with E-state index in [4.69, 9.17) is 5.73 Å². The lowest BCUT2D eigenvalue weighted by Crippen LogP contribution is -2.23. The molecule has 2 amide bonds. The summed E-state index contributed by atoms with van der Waals surface area (Å²) in [6, 6.07) is 5.27. The smallest absolute Gasteiger partial charge is 0.253 e. The zero-order chi connectivity index (χ0) is 13.7. The van der Waals surface area contributed by atoms with Gasteiger partial charge in [-0.15, -0.1) is 12.4 Å². The Bertz CT molecular complexity index is 461. The minimum atomic E-state index is -0.149. The molecule has 0 atom stereocenters. The van der Waals surface area contributed by atoms with Crippen LogP contribution in [0, 0.1) is 6.92 Å². The average Bonchev–Trinajstić information content (AvgIpc) is 2.31. The number of nitrogens with zero attached hydrogens (tertiary/aromatic N) is 1. The van der Waals surface area contributed by atoms with E-state index in [1.54, 1.807) is 26.2 Å². The van der Waals surface area contributed by atoms with Gasteiger partial charge in [0.25, 0.3) is 5.91 Å². The third-order valence-electron chi connectivity index (χ3n) is 2.53. The molecule has 3 N–H and O–H groups in total. The van der Waals surface area contributed by atoms with Gasteiger partial charge in [-0.3, -0.25) is 9.59 Å². The van der Waals surface area contributed by atoms with E-state index in [9.17, 15) is 9.59 Å².